The predicted octanol–water partition coefficient (Wildman–Crippen LogP) is 3.28. The van der Waals surface area contributed by atoms with Gasteiger partial charge in [0.05, 0.1) is 11.6 Å². The Morgan fingerprint density at radius 3 is 2.60 bits per heavy atom. The zero-order valence-corrected chi connectivity index (χ0v) is 13.0. The molecule has 20 heavy (non-hydrogen) atoms. The van der Waals surface area contributed by atoms with E-state index in [1.54, 1.807) is 12.1 Å². The molecule has 108 valence electrons. The standard InChI is InChI=1S/C14H17ClN2O2S/c1-3-17(13-6-4-5-11(2)7-13)20(18,19)14-8-12(9-15)16-10-14/h4-8,10,16H,3,9H2,1-2H3. The van der Waals surface area contributed by atoms with Gasteiger partial charge in [-0.3, -0.25) is 4.31 Å². The Morgan fingerprint density at radius 2 is 2.05 bits per heavy atom. The number of rotatable bonds is 5. The van der Waals surface area contributed by atoms with Gasteiger partial charge < -0.3 is 4.98 Å². The fourth-order valence-electron chi connectivity index (χ4n) is 2.05. The minimum Gasteiger partial charge on any atom is -0.363 e. The lowest BCUT2D eigenvalue weighted by Crippen LogP contribution is -2.30. The molecule has 0 fully saturated rings. The van der Waals surface area contributed by atoms with E-state index >= 15 is 0 Å². The molecule has 0 amide bonds. The summed E-state index contributed by atoms with van der Waals surface area (Å²) in [4.78, 5) is 3.10. The molecule has 1 heterocycles. The lowest BCUT2D eigenvalue weighted by Gasteiger charge is -2.22. The molecule has 6 heteroatoms. The van der Waals surface area contributed by atoms with Crippen LogP contribution in [0.5, 0.6) is 0 Å². The van der Waals surface area contributed by atoms with E-state index in [0.717, 1.165) is 5.56 Å². The van der Waals surface area contributed by atoms with E-state index < -0.39 is 10.0 Å². The monoisotopic (exact) mass is 312 g/mol. The van der Waals surface area contributed by atoms with Crippen molar-refractivity contribution in [2.24, 2.45) is 0 Å². The van der Waals surface area contributed by atoms with Crippen molar-refractivity contribution in [3.8, 4) is 0 Å². The summed E-state index contributed by atoms with van der Waals surface area (Å²) < 4.78 is 26.7. The topological polar surface area (TPSA) is 53.2 Å². The number of nitrogens with zero attached hydrogens (tertiary/aromatic N) is 1. The fourth-order valence-corrected chi connectivity index (χ4v) is 3.69. The maximum atomic E-state index is 12.7. The molecule has 2 aromatic rings. The molecule has 4 nitrogen and oxygen atoms in total. The minimum atomic E-state index is -3.57. The summed E-state index contributed by atoms with van der Waals surface area (Å²) in [5.41, 5.74) is 2.37. The number of hydrogen-bond acceptors (Lipinski definition) is 2. The van der Waals surface area contributed by atoms with Gasteiger partial charge in [-0.15, -0.1) is 11.6 Å². The molecule has 0 aliphatic rings. The number of alkyl halides is 1. The molecule has 0 saturated heterocycles. The molecule has 0 aliphatic heterocycles. The highest BCUT2D eigenvalue weighted by molar-refractivity contribution is 7.92. The second kappa shape index (κ2) is 5.89. The van der Waals surface area contributed by atoms with Gasteiger partial charge in [0.15, 0.2) is 0 Å². The maximum Gasteiger partial charge on any atom is 0.265 e. The van der Waals surface area contributed by atoms with Gasteiger partial charge in [0.2, 0.25) is 0 Å². The molecular weight excluding hydrogens is 296 g/mol. The number of benzene rings is 1. The molecule has 1 N–H and O–H groups in total. The summed E-state index contributed by atoms with van der Waals surface area (Å²) in [5.74, 6) is 0.256. The van der Waals surface area contributed by atoms with Crippen LogP contribution >= 0.6 is 11.6 Å². The SMILES string of the molecule is CCN(c1cccc(C)c1)S(=O)(=O)c1c[nH]c(CCl)c1. The highest BCUT2D eigenvalue weighted by atomic mass is 35.5. The normalized spacial score (nSPS) is 11.6. The minimum absolute atomic E-state index is 0.233. The number of aromatic amines is 1. The van der Waals surface area contributed by atoms with Crippen LogP contribution in [-0.4, -0.2) is 19.9 Å². The Morgan fingerprint density at radius 1 is 1.30 bits per heavy atom. The molecule has 1 aromatic carbocycles. The molecule has 0 atom stereocenters. The molecule has 0 saturated carbocycles. The zero-order valence-electron chi connectivity index (χ0n) is 11.4. The van der Waals surface area contributed by atoms with E-state index in [4.69, 9.17) is 11.6 Å². The van der Waals surface area contributed by atoms with E-state index in [9.17, 15) is 8.42 Å². The third kappa shape index (κ3) is 2.83. The van der Waals surface area contributed by atoms with Crippen LogP contribution in [0.1, 0.15) is 18.2 Å². The van der Waals surface area contributed by atoms with Gasteiger partial charge in [-0.2, -0.15) is 0 Å². The average molecular weight is 313 g/mol. The van der Waals surface area contributed by atoms with Crippen molar-refractivity contribution < 1.29 is 8.42 Å². The molecule has 0 unspecified atom stereocenters. The smallest absolute Gasteiger partial charge is 0.265 e. The Kier molecular flexibility index (Phi) is 4.40. The van der Waals surface area contributed by atoms with Crippen molar-refractivity contribution in [1.29, 1.82) is 0 Å². The number of hydrogen-bond donors (Lipinski definition) is 1. The van der Waals surface area contributed by atoms with Crippen LogP contribution in [0.15, 0.2) is 41.4 Å². The van der Waals surface area contributed by atoms with Crippen LogP contribution in [0.3, 0.4) is 0 Å². The second-order valence-electron chi connectivity index (χ2n) is 4.50. The molecule has 0 radical (unpaired) electrons. The Hall–Kier alpha value is -1.46. The average Bonchev–Trinajstić information content (AvgIpc) is 2.89. The Bertz CT molecular complexity index is 695. The number of aromatic nitrogens is 1. The first kappa shape index (κ1) is 14.9. The largest absolute Gasteiger partial charge is 0.363 e. The lowest BCUT2D eigenvalue weighted by molar-refractivity contribution is 0.592. The van der Waals surface area contributed by atoms with Gasteiger partial charge in [0.1, 0.15) is 4.90 Å². The number of sulfonamides is 1. The van der Waals surface area contributed by atoms with Gasteiger partial charge in [-0.05, 0) is 37.6 Å². The number of aryl methyl sites for hydroxylation is 1. The first-order valence-electron chi connectivity index (χ1n) is 6.31. The van der Waals surface area contributed by atoms with Crippen molar-refractivity contribution in [1.82, 2.24) is 4.98 Å². The van der Waals surface area contributed by atoms with Crippen LogP contribution in [0.4, 0.5) is 5.69 Å². The summed E-state index contributed by atoms with van der Waals surface area (Å²) in [7, 11) is -3.57. The van der Waals surface area contributed by atoms with E-state index in [2.05, 4.69) is 4.98 Å². The summed E-state index contributed by atoms with van der Waals surface area (Å²) in [6, 6.07) is 9.01. The quantitative estimate of drug-likeness (QED) is 0.861. The molecule has 0 spiro atoms. The third-order valence-electron chi connectivity index (χ3n) is 3.03. The summed E-state index contributed by atoms with van der Waals surface area (Å²) in [6.07, 6.45) is 1.48. The van der Waals surface area contributed by atoms with Gasteiger partial charge in [-0.25, -0.2) is 8.42 Å². The van der Waals surface area contributed by atoms with Crippen molar-refractivity contribution in [3.63, 3.8) is 0 Å². The number of H-pyrrole nitrogens is 1. The molecule has 2 rings (SSSR count). The van der Waals surface area contributed by atoms with Crippen molar-refractivity contribution in [3.05, 3.63) is 47.8 Å². The second-order valence-corrected chi connectivity index (χ2v) is 6.63. The highest BCUT2D eigenvalue weighted by Gasteiger charge is 2.24. The van der Waals surface area contributed by atoms with E-state index in [0.29, 0.717) is 17.9 Å². The Labute approximate surface area is 124 Å². The zero-order chi connectivity index (χ0) is 14.8. The van der Waals surface area contributed by atoms with Gasteiger partial charge in [0.25, 0.3) is 10.0 Å². The van der Waals surface area contributed by atoms with Crippen LogP contribution in [0, 0.1) is 6.92 Å². The van der Waals surface area contributed by atoms with Crippen LogP contribution in [0.25, 0.3) is 0 Å². The Balaban J connectivity index is 2.44. The lowest BCUT2D eigenvalue weighted by atomic mass is 10.2. The van der Waals surface area contributed by atoms with Gasteiger partial charge in [0, 0.05) is 18.4 Å². The third-order valence-corrected chi connectivity index (χ3v) is 5.19. The van der Waals surface area contributed by atoms with E-state index in [-0.39, 0.29) is 10.8 Å². The predicted molar refractivity (Wildman–Crippen MR) is 81.7 cm³/mol. The van der Waals surface area contributed by atoms with Crippen molar-refractivity contribution in [2.75, 3.05) is 10.8 Å². The molecule has 0 bridgehead atoms. The first-order valence-corrected chi connectivity index (χ1v) is 8.29. The number of halogens is 1. The molecule has 0 aliphatic carbocycles. The van der Waals surface area contributed by atoms with Crippen molar-refractivity contribution in [2.45, 2.75) is 24.6 Å². The van der Waals surface area contributed by atoms with Crippen LogP contribution in [-0.2, 0) is 15.9 Å². The number of anilines is 1. The fraction of sp³-hybridized carbons (Fsp3) is 0.286. The summed E-state index contributed by atoms with van der Waals surface area (Å²) in [5, 5.41) is 0. The summed E-state index contributed by atoms with van der Waals surface area (Å²) in [6.45, 7) is 4.12. The number of nitrogens with one attached hydrogen (secondary N) is 1. The molecular formula is C14H17ClN2O2S. The van der Waals surface area contributed by atoms with E-state index in [1.807, 2.05) is 32.0 Å². The van der Waals surface area contributed by atoms with Crippen LogP contribution < -0.4 is 4.31 Å². The van der Waals surface area contributed by atoms with Gasteiger partial charge in [-0.1, -0.05) is 12.1 Å². The molecule has 1 aromatic heterocycles. The van der Waals surface area contributed by atoms with Gasteiger partial charge >= 0.3 is 0 Å². The van der Waals surface area contributed by atoms with E-state index in [1.165, 1.54) is 10.5 Å². The maximum absolute atomic E-state index is 12.7. The van der Waals surface area contributed by atoms with Crippen LogP contribution in [0.2, 0.25) is 0 Å². The first-order chi connectivity index (χ1) is 9.48. The highest BCUT2D eigenvalue weighted by Crippen LogP contribution is 2.24. The van der Waals surface area contributed by atoms with Crippen molar-refractivity contribution >= 4 is 27.3 Å². The summed E-state index contributed by atoms with van der Waals surface area (Å²) >= 11 is 5.70.